The molecule has 1 aliphatic rings. The van der Waals surface area contributed by atoms with Crippen LogP contribution in [0.3, 0.4) is 0 Å². The SMILES string of the molecule is Cc1ccc2c(-c3cccnc3NS(C)(=O)=O)c(F)ccc2c1Oc1ncccc1-c1ccnc(N[C@H]2CCCNC2)n1. The summed E-state index contributed by atoms with van der Waals surface area (Å²) < 4.78 is 48.4. The van der Waals surface area contributed by atoms with Gasteiger partial charge in [-0.15, -0.1) is 0 Å². The second-order valence-electron chi connectivity index (χ2n) is 10.4. The summed E-state index contributed by atoms with van der Waals surface area (Å²) in [6.07, 6.45) is 7.93. The Hall–Kier alpha value is -4.68. The molecule has 1 saturated heterocycles. The van der Waals surface area contributed by atoms with Crippen LogP contribution in [-0.2, 0) is 10.0 Å². The molecule has 0 unspecified atom stereocenters. The molecule has 0 bridgehead atoms. The van der Waals surface area contributed by atoms with Gasteiger partial charge in [0.2, 0.25) is 21.9 Å². The zero-order valence-electron chi connectivity index (χ0n) is 23.6. The molecule has 0 spiro atoms. The van der Waals surface area contributed by atoms with E-state index < -0.39 is 15.8 Å². The van der Waals surface area contributed by atoms with Gasteiger partial charge in [-0.3, -0.25) is 4.72 Å². The fourth-order valence-corrected chi connectivity index (χ4v) is 5.75. The minimum Gasteiger partial charge on any atom is -0.437 e. The number of aryl methyl sites for hydroxylation is 1. The van der Waals surface area contributed by atoms with Crippen molar-refractivity contribution in [1.29, 1.82) is 0 Å². The van der Waals surface area contributed by atoms with E-state index in [9.17, 15) is 8.42 Å². The van der Waals surface area contributed by atoms with E-state index in [4.69, 9.17) is 9.72 Å². The Bertz CT molecular complexity index is 1910. The number of benzene rings is 2. The molecule has 220 valence electrons. The molecule has 5 aromatic rings. The van der Waals surface area contributed by atoms with Crippen molar-refractivity contribution in [3.63, 3.8) is 0 Å². The number of halogens is 1. The molecule has 12 heteroatoms. The zero-order valence-corrected chi connectivity index (χ0v) is 24.5. The number of anilines is 2. The van der Waals surface area contributed by atoms with Gasteiger partial charge in [-0.1, -0.05) is 12.1 Å². The maximum Gasteiger partial charge on any atom is 0.230 e. The molecule has 3 aromatic heterocycles. The van der Waals surface area contributed by atoms with Crippen LogP contribution in [0.4, 0.5) is 16.2 Å². The van der Waals surface area contributed by atoms with Crippen molar-refractivity contribution >= 4 is 32.6 Å². The van der Waals surface area contributed by atoms with Crippen LogP contribution in [-0.4, -0.2) is 53.7 Å². The zero-order chi connectivity index (χ0) is 30.0. The molecule has 0 aliphatic carbocycles. The highest BCUT2D eigenvalue weighted by Crippen LogP contribution is 2.42. The van der Waals surface area contributed by atoms with Gasteiger partial charge in [0.25, 0.3) is 0 Å². The Morgan fingerprint density at radius 2 is 1.74 bits per heavy atom. The van der Waals surface area contributed by atoms with Gasteiger partial charge in [0.15, 0.2) is 0 Å². The average molecular weight is 600 g/mol. The van der Waals surface area contributed by atoms with E-state index in [1.807, 2.05) is 25.1 Å². The fraction of sp³-hybridized carbons (Fsp3) is 0.226. The molecule has 6 rings (SSSR count). The predicted molar refractivity (Wildman–Crippen MR) is 165 cm³/mol. The topological polar surface area (TPSA) is 131 Å². The Labute approximate surface area is 248 Å². The molecule has 0 amide bonds. The lowest BCUT2D eigenvalue weighted by atomic mass is 9.96. The molecule has 2 aromatic carbocycles. The first kappa shape index (κ1) is 28.4. The molecule has 1 fully saturated rings. The number of fused-ring (bicyclic) bond motifs is 1. The summed E-state index contributed by atoms with van der Waals surface area (Å²) in [5, 5.41) is 7.94. The number of aromatic nitrogens is 4. The minimum atomic E-state index is -3.66. The second-order valence-corrected chi connectivity index (χ2v) is 12.2. The molecule has 1 aliphatic heterocycles. The lowest BCUT2D eigenvalue weighted by Crippen LogP contribution is -2.38. The summed E-state index contributed by atoms with van der Waals surface area (Å²) >= 11 is 0. The maximum atomic E-state index is 15.5. The van der Waals surface area contributed by atoms with Gasteiger partial charge in [-0.05, 0) is 79.7 Å². The summed E-state index contributed by atoms with van der Waals surface area (Å²) in [6.45, 7) is 3.76. The van der Waals surface area contributed by atoms with Crippen LogP contribution in [0, 0.1) is 12.7 Å². The number of nitrogens with zero attached hydrogens (tertiary/aromatic N) is 4. The van der Waals surface area contributed by atoms with Crippen molar-refractivity contribution in [3.05, 3.63) is 84.6 Å². The van der Waals surface area contributed by atoms with Crippen LogP contribution in [0.1, 0.15) is 18.4 Å². The van der Waals surface area contributed by atoms with Gasteiger partial charge in [0, 0.05) is 47.7 Å². The van der Waals surface area contributed by atoms with E-state index in [0.717, 1.165) is 37.8 Å². The highest BCUT2D eigenvalue weighted by atomic mass is 32.2. The number of pyridine rings is 2. The second kappa shape index (κ2) is 11.9. The molecule has 3 N–H and O–H groups in total. The van der Waals surface area contributed by atoms with E-state index >= 15 is 4.39 Å². The van der Waals surface area contributed by atoms with Gasteiger partial charge < -0.3 is 15.4 Å². The molecular weight excluding hydrogens is 569 g/mol. The summed E-state index contributed by atoms with van der Waals surface area (Å²) in [5.41, 5.74) is 2.61. The lowest BCUT2D eigenvalue weighted by molar-refractivity contribution is 0.466. The third-order valence-electron chi connectivity index (χ3n) is 7.19. The van der Waals surface area contributed by atoms with Crippen LogP contribution in [0.2, 0.25) is 0 Å². The van der Waals surface area contributed by atoms with Crippen molar-refractivity contribution < 1.29 is 17.5 Å². The first-order chi connectivity index (χ1) is 20.8. The first-order valence-corrected chi connectivity index (χ1v) is 15.7. The quantitative estimate of drug-likeness (QED) is 0.211. The normalized spacial score (nSPS) is 15.3. The van der Waals surface area contributed by atoms with Gasteiger partial charge in [-0.2, -0.15) is 0 Å². The molecule has 10 nitrogen and oxygen atoms in total. The van der Waals surface area contributed by atoms with Crippen LogP contribution in [0.25, 0.3) is 33.2 Å². The highest BCUT2D eigenvalue weighted by molar-refractivity contribution is 7.92. The average Bonchev–Trinajstić information content (AvgIpc) is 2.99. The van der Waals surface area contributed by atoms with Gasteiger partial charge in [0.1, 0.15) is 17.4 Å². The van der Waals surface area contributed by atoms with Crippen molar-refractivity contribution in [1.82, 2.24) is 25.3 Å². The summed E-state index contributed by atoms with van der Waals surface area (Å²) in [4.78, 5) is 17.8. The number of hydrogen-bond donors (Lipinski definition) is 3. The number of rotatable bonds is 8. The van der Waals surface area contributed by atoms with Crippen molar-refractivity contribution in [3.8, 4) is 34.0 Å². The first-order valence-electron chi connectivity index (χ1n) is 13.9. The van der Waals surface area contributed by atoms with E-state index in [0.29, 0.717) is 45.2 Å². The number of nitrogens with one attached hydrogen (secondary N) is 3. The van der Waals surface area contributed by atoms with Crippen LogP contribution in [0.15, 0.2) is 73.2 Å². The standard InChI is InChI=1S/C31H30FN7O3S/c1-19-9-10-21-22(11-12-25(32)27(21)24-8-5-15-34-29(24)39-43(2,40)41)28(19)42-30-23(7-4-16-35-30)26-13-17-36-31(38-26)37-20-6-3-14-33-18-20/h4-5,7-13,15-17,20,33H,3,6,14,18H2,1-2H3,(H,34,39)(H,36,37,38)/t20-/m0/s1. The Morgan fingerprint density at radius 1 is 0.953 bits per heavy atom. The van der Waals surface area contributed by atoms with Crippen LogP contribution in [0.5, 0.6) is 11.6 Å². The number of ether oxygens (including phenoxy) is 1. The lowest BCUT2D eigenvalue weighted by Gasteiger charge is -2.23. The monoisotopic (exact) mass is 599 g/mol. The number of piperidine rings is 1. The third kappa shape index (κ3) is 6.25. The van der Waals surface area contributed by atoms with Gasteiger partial charge >= 0.3 is 0 Å². The number of sulfonamides is 1. The van der Waals surface area contributed by atoms with E-state index in [-0.39, 0.29) is 17.4 Å². The maximum absolute atomic E-state index is 15.5. The Balaban J connectivity index is 1.41. The summed E-state index contributed by atoms with van der Waals surface area (Å²) in [6, 6.07) is 15.6. The Morgan fingerprint density at radius 3 is 2.53 bits per heavy atom. The molecule has 1 atom stereocenters. The predicted octanol–water partition coefficient (Wildman–Crippen LogP) is 5.53. The molecule has 43 heavy (non-hydrogen) atoms. The van der Waals surface area contributed by atoms with Crippen LogP contribution >= 0.6 is 0 Å². The summed E-state index contributed by atoms with van der Waals surface area (Å²) in [5.74, 6) is 0.843. The van der Waals surface area contributed by atoms with Gasteiger partial charge in [-0.25, -0.2) is 32.7 Å². The highest BCUT2D eigenvalue weighted by Gasteiger charge is 2.21. The third-order valence-corrected chi connectivity index (χ3v) is 7.75. The van der Waals surface area contributed by atoms with E-state index in [2.05, 4.69) is 30.3 Å². The van der Waals surface area contributed by atoms with Crippen molar-refractivity contribution in [2.24, 2.45) is 0 Å². The smallest absolute Gasteiger partial charge is 0.230 e. The molecule has 0 radical (unpaired) electrons. The largest absolute Gasteiger partial charge is 0.437 e. The summed E-state index contributed by atoms with van der Waals surface area (Å²) in [7, 11) is -3.66. The van der Waals surface area contributed by atoms with E-state index in [1.165, 1.54) is 12.3 Å². The Kier molecular flexibility index (Phi) is 7.87. The molecular formula is C31H30FN7O3S. The van der Waals surface area contributed by atoms with Crippen molar-refractivity contribution in [2.45, 2.75) is 25.8 Å². The van der Waals surface area contributed by atoms with Crippen LogP contribution < -0.4 is 20.1 Å². The fourth-order valence-electron chi connectivity index (χ4n) is 5.23. The minimum absolute atomic E-state index is 0.0311. The van der Waals surface area contributed by atoms with Crippen molar-refractivity contribution in [2.75, 3.05) is 29.4 Å². The van der Waals surface area contributed by atoms with E-state index in [1.54, 1.807) is 42.7 Å². The van der Waals surface area contributed by atoms with Gasteiger partial charge in [0.05, 0.1) is 17.5 Å². The number of hydrogen-bond acceptors (Lipinski definition) is 9. The molecule has 4 heterocycles. The molecule has 0 saturated carbocycles.